The molecule has 0 spiro atoms. The van der Waals surface area contributed by atoms with Crippen LogP contribution in [0.3, 0.4) is 0 Å². The van der Waals surface area contributed by atoms with Crippen LogP contribution >= 0.6 is 0 Å². The maximum absolute atomic E-state index is 10.9. The Morgan fingerprint density at radius 2 is 2.11 bits per heavy atom. The standard InChI is InChI=1S/C16H24O3/c1-13-6-5-9-16(17,12-13)14-7-3-4-8-15(14)19-11-10-18-2/h3-4,7-8,13,17H,5-6,9-12H2,1-2H3. The van der Waals surface area contributed by atoms with Crippen LogP contribution < -0.4 is 4.74 Å². The van der Waals surface area contributed by atoms with Gasteiger partial charge in [-0.25, -0.2) is 0 Å². The molecule has 2 atom stereocenters. The van der Waals surface area contributed by atoms with Crippen molar-refractivity contribution in [2.45, 2.75) is 38.2 Å². The van der Waals surface area contributed by atoms with E-state index in [0.717, 1.165) is 30.6 Å². The van der Waals surface area contributed by atoms with Gasteiger partial charge in [0.25, 0.3) is 0 Å². The Kier molecular flexibility index (Phi) is 4.83. The van der Waals surface area contributed by atoms with Gasteiger partial charge in [0, 0.05) is 12.7 Å². The van der Waals surface area contributed by atoms with E-state index in [1.165, 1.54) is 6.42 Å². The number of benzene rings is 1. The molecule has 0 saturated heterocycles. The summed E-state index contributed by atoms with van der Waals surface area (Å²) in [5, 5.41) is 10.9. The zero-order chi connectivity index (χ0) is 13.7. The highest BCUT2D eigenvalue weighted by Gasteiger charge is 2.36. The van der Waals surface area contributed by atoms with E-state index in [4.69, 9.17) is 9.47 Å². The molecule has 1 aromatic rings. The molecule has 3 heteroatoms. The number of hydrogen-bond acceptors (Lipinski definition) is 3. The first kappa shape index (κ1) is 14.4. The van der Waals surface area contributed by atoms with Gasteiger partial charge in [0.1, 0.15) is 12.4 Å². The molecule has 106 valence electrons. The summed E-state index contributed by atoms with van der Waals surface area (Å²) in [5.41, 5.74) is 0.194. The van der Waals surface area contributed by atoms with Gasteiger partial charge in [0.05, 0.1) is 12.2 Å². The molecule has 0 heterocycles. The van der Waals surface area contributed by atoms with Gasteiger partial charge in [-0.1, -0.05) is 31.5 Å². The Hall–Kier alpha value is -1.06. The van der Waals surface area contributed by atoms with Gasteiger partial charge >= 0.3 is 0 Å². The highest BCUT2D eigenvalue weighted by molar-refractivity contribution is 5.38. The summed E-state index contributed by atoms with van der Waals surface area (Å²) in [7, 11) is 1.66. The second-order valence-corrected chi connectivity index (χ2v) is 5.57. The topological polar surface area (TPSA) is 38.7 Å². The number of ether oxygens (including phenoxy) is 2. The predicted octanol–water partition coefficient (Wildman–Crippen LogP) is 3.11. The van der Waals surface area contributed by atoms with E-state index in [1.807, 2.05) is 24.3 Å². The van der Waals surface area contributed by atoms with Crippen LogP contribution in [0.2, 0.25) is 0 Å². The summed E-state index contributed by atoms with van der Waals surface area (Å²) in [6.45, 7) is 3.28. The first-order valence-corrected chi connectivity index (χ1v) is 7.09. The van der Waals surface area contributed by atoms with Crippen molar-refractivity contribution in [2.75, 3.05) is 20.3 Å². The second kappa shape index (κ2) is 6.40. The molecule has 0 aliphatic heterocycles. The first-order chi connectivity index (χ1) is 9.15. The van der Waals surface area contributed by atoms with Crippen molar-refractivity contribution >= 4 is 0 Å². The molecule has 3 nitrogen and oxygen atoms in total. The van der Waals surface area contributed by atoms with E-state index < -0.39 is 5.60 Å². The lowest BCUT2D eigenvalue weighted by molar-refractivity contribution is -0.0203. The molecule has 0 amide bonds. The van der Waals surface area contributed by atoms with E-state index in [0.29, 0.717) is 19.1 Å². The molecular weight excluding hydrogens is 240 g/mol. The third-order valence-electron chi connectivity index (χ3n) is 3.91. The van der Waals surface area contributed by atoms with E-state index in [1.54, 1.807) is 7.11 Å². The summed E-state index contributed by atoms with van der Waals surface area (Å²) < 4.78 is 10.7. The fourth-order valence-corrected chi connectivity index (χ4v) is 2.98. The van der Waals surface area contributed by atoms with Gasteiger partial charge in [-0.3, -0.25) is 0 Å². The molecule has 0 bridgehead atoms. The smallest absolute Gasteiger partial charge is 0.125 e. The van der Waals surface area contributed by atoms with Crippen molar-refractivity contribution in [3.05, 3.63) is 29.8 Å². The third kappa shape index (κ3) is 3.48. The molecule has 19 heavy (non-hydrogen) atoms. The predicted molar refractivity (Wildman–Crippen MR) is 75.3 cm³/mol. The number of methoxy groups -OCH3 is 1. The third-order valence-corrected chi connectivity index (χ3v) is 3.91. The van der Waals surface area contributed by atoms with Gasteiger partial charge in [0.2, 0.25) is 0 Å². The molecule has 0 radical (unpaired) electrons. The molecule has 1 aromatic carbocycles. The zero-order valence-electron chi connectivity index (χ0n) is 11.9. The molecule has 1 aliphatic carbocycles. The Balaban J connectivity index is 2.18. The normalized spacial score (nSPS) is 27.2. The lowest BCUT2D eigenvalue weighted by Gasteiger charge is -2.36. The summed E-state index contributed by atoms with van der Waals surface area (Å²) in [6, 6.07) is 7.83. The fourth-order valence-electron chi connectivity index (χ4n) is 2.98. The summed E-state index contributed by atoms with van der Waals surface area (Å²) >= 11 is 0. The van der Waals surface area contributed by atoms with E-state index >= 15 is 0 Å². The minimum atomic E-state index is -0.735. The van der Waals surface area contributed by atoms with Crippen LogP contribution in [0.25, 0.3) is 0 Å². The number of aliphatic hydroxyl groups is 1. The van der Waals surface area contributed by atoms with Gasteiger partial charge in [-0.2, -0.15) is 0 Å². The molecule has 1 saturated carbocycles. The zero-order valence-corrected chi connectivity index (χ0v) is 11.9. The van der Waals surface area contributed by atoms with Crippen molar-refractivity contribution in [2.24, 2.45) is 5.92 Å². The van der Waals surface area contributed by atoms with Crippen LogP contribution in [0.1, 0.15) is 38.2 Å². The van der Waals surface area contributed by atoms with Crippen molar-refractivity contribution in [1.82, 2.24) is 0 Å². The van der Waals surface area contributed by atoms with Gasteiger partial charge < -0.3 is 14.6 Å². The molecule has 0 aromatic heterocycles. The van der Waals surface area contributed by atoms with Crippen molar-refractivity contribution in [1.29, 1.82) is 0 Å². The Bertz CT molecular complexity index is 405. The van der Waals surface area contributed by atoms with Crippen molar-refractivity contribution in [3.8, 4) is 5.75 Å². The lowest BCUT2D eigenvalue weighted by Crippen LogP contribution is -2.32. The quantitative estimate of drug-likeness (QED) is 0.830. The fraction of sp³-hybridized carbons (Fsp3) is 0.625. The minimum absolute atomic E-state index is 0.513. The number of rotatable bonds is 5. The monoisotopic (exact) mass is 264 g/mol. The van der Waals surface area contributed by atoms with Gasteiger partial charge in [-0.05, 0) is 31.2 Å². The molecule has 1 N–H and O–H groups in total. The molecular formula is C16H24O3. The highest BCUT2D eigenvalue weighted by atomic mass is 16.5. The van der Waals surface area contributed by atoms with Crippen LogP contribution in [0.4, 0.5) is 0 Å². The number of hydrogen-bond donors (Lipinski definition) is 1. The largest absolute Gasteiger partial charge is 0.491 e. The van der Waals surface area contributed by atoms with Crippen LogP contribution in [0, 0.1) is 5.92 Å². The van der Waals surface area contributed by atoms with Gasteiger partial charge in [0.15, 0.2) is 0 Å². The first-order valence-electron chi connectivity index (χ1n) is 7.09. The van der Waals surface area contributed by atoms with E-state index in [-0.39, 0.29) is 0 Å². The van der Waals surface area contributed by atoms with Crippen molar-refractivity contribution < 1.29 is 14.6 Å². The van der Waals surface area contributed by atoms with Crippen LogP contribution in [-0.2, 0) is 10.3 Å². The molecule has 2 rings (SSSR count). The Morgan fingerprint density at radius 1 is 1.32 bits per heavy atom. The summed E-state index contributed by atoms with van der Waals surface area (Å²) in [6.07, 6.45) is 3.92. The second-order valence-electron chi connectivity index (χ2n) is 5.57. The van der Waals surface area contributed by atoms with E-state index in [9.17, 15) is 5.11 Å². The SMILES string of the molecule is COCCOc1ccccc1C1(O)CCCC(C)C1. The maximum atomic E-state index is 10.9. The number of para-hydroxylation sites is 1. The lowest BCUT2D eigenvalue weighted by atomic mass is 9.75. The molecule has 2 unspecified atom stereocenters. The average Bonchev–Trinajstić information content (AvgIpc) is 2.39. The van der Waals surface area contributed by atoms with Crippen LogP contribution in [0.15, 0.2) is 24.3 Å². The Labute approximate surface area is 115 Å². The minimum Gasteiger partial charge on any atom is -0.491 e. The van der Waals surface area contributed by atoms with Gasteiger partial charge in [-0.15, -0.1) is 0 Å². The Morgan fingerprint density at radius 3 is 2.84 bits per heavy atom. The molecule has 1 fully saturated rings. The maximum Gasteiger partial charge on any atom is 0.125 e. The molecule has 1 aliphatic rings. The van der Waals surface area contributed by atoms with E-state index in [2.05, 4.69) is 6.92 Å². The average molecular weight is 264 g/mol. The highest BCUT2D eigenvalue weighted by Crippen LogP contribution is 2.43. The van der Waals surface area contributed by atoms with Crippen molar-refractivity contribution in [3.63, 3.8) is 0 Å². The summed E-state index contributed by atoms with van der Waals surface area (Å²) in [4.78, 5) is 0. The summed E-state index contributed by atoms with van der Waals surface area (Å²) in [5.74, 6) is 1.35. The van der Waals surface area contributed by atoms with Crippen LogP contribution in [0.5, 0.6) is 5.75 Å². The van der Waals surface area contributed by atoms with Crippen LogP contribution in [-0.4, -0.2) is 25.4 Å².